The number of piperidine rings is 1. The average Bonchev–Trinajstić information content (AvgIpc) is 2.91. The summed E-state index contributed by atoms with van der Waals surface area (Å²) in [5.74, 6) is 2.50. The first-order valence-electron chi connectivity index (χ1n) is 10.9. The Hall–Kier alpha value is -1.32. The lowest BCUT2D eigenvalue weighted by Crippen LogP contribution is -2.54. The third-order valence-corrected chi connectivity index (χ3v) is 8.43. The predicted molar refractivity (Wildman–Crippen MR) is 107 cm³/mol. The van der Waals surface area contributed by atoms with Crippen molar-refractivity contribution in [3.8, 4) is 0 Å². The molecule has 2 N–H and O–H groups in total. The van der Waals surface area contributed by atoms with Gasteiger partial charge in [0.1, 0.15) is 0 Å². The summed E-state index contributed by atoms with van der Waals surface area (Å²) in [5, 5.41) is 6.42. The first-order valence-corrected chi connectivity index (χ1v) is 10.9. The fourth-order valence-electron chi connectivity index (χ4n) is 7.08. The molecule has 6 atom stereocenters. The van der Waals surface area contributed by atoms with Crippen LogP contribution in [0.3, 0.4) is 0 Å². The lowest BCUT2D eigenvalue weighted by Gasteiger charge is -2.57. The summed E-state index contributed by atoms with van der Waals surface area (Å²) in [6.07, 6.45) is 9.51. The summed E-state index contributed by atoms with van der Waals surface area (Å²) >= 11 is 0. The van der Waals surface area contributed by atoms with Gasteiger partial charge in [-0.3, -0.25) is 9.59 Å². The predicted octanol–water partition coefficient (Wildman–Crippen LogP) is 4.16. The Morgan fingerprint density at radius 1 is 1.15 bits per heavy atom. The molecule has 1 aliphatic heterocycles. The van der Waals surface area contributed by atoms with Gasteiger partial charge in [0, 0.05) is 29.0 Å². The van der Waals surface area contributed by atoms with Gasteiger partial charge in [-0.05, 0) is 82.5 Å². The molecule has 3 aliphatic carbocycles. The topological polar surface area (TPSA) is 58.2 Å². The van der Waals surface area contributed by atoms with Crippen LogP contribution in [0.25, 0.3) is 0 Å². The molecular formula is C23H36N2O2. The van der Waals surface area contributed by atoms with E-state index >= 15 is 0 Å². The SMILES string of the molecule is CC(C)(C)NC(=O)C1CC[C@H]2[C@@H]3CC=C4NC(=O)CC[C@]4(C)[C@@H]3CC[C@]12C. The van der Waals surface area contributed by atoms with Gasteiger partial charge in [0.05, 0.1) is 0 Å². The normalized spacial score (nSPS) is 43.7. The summed E-state index contributed by atoms with van der Waals surface area (Å²) in [6.45, 7) is 11.0. The summed E-state index contributed by atoms with van der Waals surface area (Å²) in [7, 11) is 0. The van der Waals surface area contributed by atoms with Crippen molar-refractivity contribution in [3.63, 3.8) is 0 Å². The minimum Gasteiger partial charge on any atom is -0.351 e. The van der Waals surface area contributed by atoms with Gasteiger partial charge >= 0.3 is 0 Å². The molecule has 1 unspecified atom stereocenters. The highest BCUT2D eigenvalue weighted by Crippen LogP contribution is 2.65. The van der Waals surface area contributed by atoms with E-state index in [1.165, 1.54) is 18.5 Å². The first kappa shape index (κ1) is 19.0. The second kappa shape index (κ2) is 6.09. The molecule has 0 aromatic heterocycles. The van der Waals surface area contributed by atoms with E-state index in [0.29, 0.717) is 24.2 Å². The van der Waals surface area contributed by atoms with Gasteiger partial charge in [0.15, 0.2) is 0 Å². The van der Waals surface area contributed by atoms with E-state index in [4.69, 9.17) is 0 Å². The number of fused-ring (bicyclic) bond motifs is 5. The molecule has 2 amide bonds. The molecule has 4 aliphatic rings. The van der Waals surface area contributed by atoms with E-state index in [2.05, 4.69) is 51.3 Å². The lowest BCUT2D eigenvalue weighted by atomic mass is 9.49. The van der Waals surface area contributed by atoms with Crippen molar-refractivity contribution in [2.45, 2.75) is 85.1 Å². The quantitative estimate of drug-likeness (QED) is 0.726. The Balaban J connectivity index is 1.59. The second-order valence-corrected chi connectivity index (χ2v) is 11.1. The van der Waals surface area contributed by atoms with Crippen molar-refractivity contribution in [1.82, 2.24) is 10.6 Å². The van der Waals surface area contributed by atoms with Crippen molar-refractivity contribution in [1.29, 1.82) is 0 Å². The highest BCUT2D eigenvalue weighted by Gasteiger charge is 2.60. The summed E-state index contributed by atoms with van der Waals surface area (Å²) in [6, 6.07) is 0. The maximum absolute atomic E-state index is 13.0. The van der Waals surface area contributed by atoms with Gasteiger partial charge < -0.3 is 10.6 Å². The number of hydrogen-bond donors (Lipinski definition) is 2. The Labute approximate surface area is 163 Å². The fraction of sp³-hybridized carbons (Fsp3) is 0.826. The van der Waals surface area contributed by atoms with Crippen LogP contribution in [-0.2, 0) is 9.59 Å². The maximum atomic E-state index is 13.0. The Morgan fingerprint density at radius 2 is 1.89 bits per heavy atom. The largest absolute Gasteiger partial charge is 0.351 e. The van der Waals surface area contributed by atoms with Crippen LogP contribution in [0.4, 0.5) is 0 Å². The van der Waals surface area contributed by atoms with E-state index < -0.39 is 0 Å². The zero-order valence-electron chi connectivity index (χ0n) is 17.7. The molecule has 0 aromatic rings. The van der Waals surface area contributed by atoms with Crippen molar-refractivity contribution >= 4 is 11.8 Å². The zero-order valence-corrected chi connectivity index (χ0v) is 17.7. The van der Waals surface area contributed by atoms with Crippen LogP contribution in [0.1, 0.15) is 79.6 Å². The minimum atomic E-state index is -0.168. The van der Waals surface area contributed by atoms with Crippen molar-refractivity contribution in [2.24, 2.45) is 34.5 Å². The molecule has 0 aromatic carbocycles. The third kappa shape index (κ3) is 2.94. The molecule has 4 nitrogen and oxygen atoms in total. The van der Waals surface area contributed by atoms with Crippen molar-refractivity contribution < 1.29 is 9.59 Å². The van der Waals surface area contributed by atoms with Gasteiger partial charge in [-0.1, -0.05) is 19.9 Å². The smallest absolute Gasteiger partial charge is 0.224 e. The molecular weight excluding hydrogens is 336 g/mol. The Morgan fingerprint density at radius 3 is 2.59 bits per heavy atom. The number of carbonyl (C=O) groups is 2. The standard InChI is InChI=1S/C23H36N2O2/c1-21(2,3)25-20(27)17-8-7-15-14-6-9-18-23(5,13-11-19(26)24-18)16(14)10-12-22(15,17)4/h9,14-17H,6-8,10-13H2,1-5H3,(H,24,26)(H,25,27)/t14-,15-,16+,17?,22-,23+/m0/s1. The Kier molecular flexibility index (Phi) is 4.29. The van der Waals surface area contributed by atoms with Crippen molar-refractivity contribution in [2.75, 3.05) is 0 Å². The lowest BCUT2D eigenvalue weighted by molar-refractivity contribution is -0.134. The van der Waals surface area contributed by atoms with E-state index in [9.17, 15) is 9.59 Å². The Bertz CT molecular complexity index is 691. The van der Waals surface area contributed by atoms with E-state index in [1.807, 2.05) is 0 Å². The molecule has 0 radical (unpaired) electrons. The van der Waals surface area contributed by atoms with E-state index in [1.54, 1.807) is 0 Å². The van der Waals surface area contributed by atoms with Gasteiger partial charge in [0.25, 0.3) is 0 Å². The highest BCUT2D eigenvalue weighted by atomic mass is 16.2. The number of carbonyl (C=O) groups excluding carboxylic acids is 2. The highest BCUT2D eigenvalue weighted by molar-refractivity contribution is 5.81. The number of nitrogens with one attached hydrogen (secondary N) is 2. The summed E-state index contributed by atoms with van der Waals surface area (Å²) in [5.41, 5.74) is 1.25. The van der Waals surface area contributed by atoms with Crippen LogP contribution in [0.5, 0.6) is 0 Å². The molecule has 1 saturated heterocycles. The fourth-order valence-corrected chi connectivity index (χ4v) is 7.08. The molecule has 3 fully saturated rings. The number of allylic oxidation sites excluding steroid dienone is 2. The number of hydrogen-bond acceptors (Lipinski definition) is 2. The van der Waals surface area contributed by atoms with E-state index in [0.717, 1.165) is 25.7 Å². The molecule has 2 saturated carbocycles. The molecule has 0 bridgehead atoms. The van der Waals surface area contributed by atoms with Crippen LogP contribution >= 0.6 is 0 Å². The van der Waals surface area contributed by atoms with Gasteiger partial charge in [-0.2, -0.15) is 0 Å². The molecule has 150 valence electrons. The first-order chi connectivity index (χ1) is 12.5. The molecule has 0 spiro atoms. The summed E-state index contributed by atoms with van der Waals surface area (Å²) < 4.78 is 0. The minimum absolute atomic E-state index is 0.115. The van der Waals surface area contributed by atoms with Crippen LogP contribution in [-0.4, -0.2) is 17.4 Å². The monoisotopic (exact) mass is 372 g/mol. The van der Waals surface area contributed by atoms with Gasteiger partial charge in [-0.25, -0.2) is 0 Å². The van der Waals surface area contributed by atoms with Crippen LogP contribution in [0.15, 0.2) is 11.8 Å². The third-order valence-electron chi connectivity index (χ3n) is 8.43. The molecule has 4 rings (SSSR count). The number of amides is 2. The maximum Gasteiger partial charge on any atom is 0.224 e. The van der Waals surface area contributed by atoms with Crippen LogP contribution < -0.4 is 10.6 Å². The zero-order chi connectivity index (χ0) is 19.6. The average molecular weight is 373 g/mol. The van der Waals surface area contributed by atoms with Gasteiger partial charge in [-0.15, -0.1) is 0 Å². The summed E-state index contributed by atoms with van der Waals surface area (Å²) in [4.78, 5) is 24.9. The van der Waals surface area contributed by atoms with Crippen molar-refractivity contribution in [3.05, 3.63) is 11.8 Å². The molecule has 1 heterocycles. The molecule has 27 heavy (non-hydrogen) atoms. The van der Waals surface area contributed by atoms with E-state index in [-0.39, 0.29) is 34.1 Å². The molecule has 4 heteroatoms. The van der Waals surface area contributed by atoms with Gasteiger partial charge in [0.2, 0.25) is 11.8 Å². The van der Waals surface area contributed by atoms with Crippen LogP contribution in [0, 0.1) is 34.5 Å². The van der Waals surface area contributed by atoms with Crippen LogP contribution in [0.2, 0.25) is 0 Å². The number of rotatable bonds is 1. The second-order valence-electron chi connectivity index (χ2n) is 11.1.